The van der Waals surface area contributed by atoms with Crippen molar-refractivity contribution in [3.63, 3.8) is 0 Å². The molecule has 0 radical (unpaired) electrons. The lowest BCUT2D eigenvalue weighted by molar-refractivity contribution is -0.132. The molecule has 2 heterocycles. The highest BCUT2D eigenvalue weighted by molar-refractivity contribution is 8.00. The molecular formula is C18H24N4OS. The van der Waals surface area contributed by atoms with Crippen LogP contribution < -0.4 is 0 Å². The Balaban J connectivity index is 1.70. The van der Waals surface area contributed by atoms with Crippen LogP contribution in [0.2, 0.25) is 0 Å². The van der Waals surface area contributed by atoms with Gasteiger partial charge in [0.25, 0.3) is 0 Å². The van der Waals surface area contributed by atoms with Crippen LogP contribution in [0, 0.1) is 11.8 Å². The normalized spacial score (nSPS) is 22.4. The maximum atomic E-state index is 12.8. The maximum Gasteiger partial charge on any atom is 0.235 e. The van der Waals surface area contributed by atoms with Gasteiger partial charge in [0, 0.05) is 18.8 Å². The van der Waals surface area contributed by atoms with Crippen molar-refractivity contribution in [1.29, 1.82) is 0 Å². The van der Waals surface area contributed by atoms with Gasteiger partial charge < -0.3 is 4.90 Å². The van der Waals surface area contributed by atoms with Gasteiger partial charge in [0.1, 0.15) is 6.33 Å². The van der Waals surface area contributed by atoms with Crippen molar-refractivity contribution in [2.45, 2.75) is 37.6 Å². The van der Waals surface area contributed by atoms with Gasteiger partial charge >= 0.3 is 0 Å². The summed E-state index contributed by atoms with van der Waals surface area (Å²) in [4.78, 5) is 14.8. The van der Waals surface area contributed by atoms with Crippen LogP contribution in [0.3, 0.4) is 0 Å². The average Bonchev–Trinajstić information content (AvgIpc) is 3.02. The summed E-state index contributed by atoms with van der Waals surface area (Å²) in [5, 5.41) is 8.79. The van der Waals surface area contributed by atoms with Crippen LogP contribution in [0.5, 0.6) is 0 Å². The summed E-state index contributed by atoms with van der Waals surface area (Å²) < 4.78 is 1.93. The molecule has 1 amide bonds. The Morgan fingerprint density at radius 2 is 1.88 bits per heavy atom. The number of aromatic nitrogens is 3. The zero-order valence-corrected chi connectivity index (χ0v) is 15.2. The lowest BCUT2D eigenvalue weighted by atomic mass is 9.92. The summed E-state index contributed by atoms with van der Waals surface area (Å²) in [6.45, 7) is 8.12. The van der Waals surface area contributed by atoms with E-state index in [1.807, 2.05) is 46.7 Å². The van der Waals surface area contributed by atoms with E-state index in [4.69, 9.17) is 0 Å². The summed E-state index contributed by atoms with van der Waals surface area (Å²) in [5.41, 5.74) is 1.00. The highest BCUT2D eigenvalue weighted by Gasteiger charge is 2.29. The van der Waals surface area contributed by atoms with E-state index in [2.05, 4.69) is 24.0 Å². The van der Waals surface area contributed by atoms with Crippen molar-refractivity contribution < 1.29 is 4.79 Å². The van der Waals surface area contributed by atoms with E-state index in [0.717, 1.165) is 23.9 Å². The number of para-hydroxylation sites is 1. The lowest BCUT2D eigenvalue weighted by Gasteiger charge is -2.36. The first-order valence-corrected chi connectivity index (χ1v) is 9.33. The summed E-state index contributed by atoms with van der Waals surface area (Å²) in [6.07, 6.45) is 2.90. The van der Waals surface area contributed by atoms with Crippen LogP contribution >= 0.6 is 11.8 Å². The minimum atomic E-state index is -0.172. The topological polar surface area (TPSA) is 51.0 Å². The first-order chi connectivity index (χ1) is 11.5. The van der Waals surface area contributed by atoms with Gasteiger partial charge in [-0.15, -0.1) is 10.2 Å². The van der Waals surface area contributed by atoms with Gasteiger partial charge in [-0.2, -0.15) is 0 Å². The van der Waals surface area contributed by atoms with Crippen molar-refractivity contribution in [1.82, 2.24) is 19.7 Å². The Bertz CT molecular complexity index is 677. The summed E-state index contributed by atoms with van der Waals surface area (Å²) in [5.74, 6) is 1.34. The van der Waals surface area contributed by atoms with Gasteiger partial charge in [0.15, 0.2) is 5.16 Å². The first kappa shape index (κ1) is 17.0. The minimum absolute atomic E-state index is 0.172. The zero-order chi connectivity index (χ0) is 17.1. The Morgan fingerprint density at radius 3 is 2.54 bits per heavy atom. The van der Waals surface area contributed by atoms with E-state index in [1.165, 1.54) is 18.2 Å². The molecule has 3 atom stereocenters. The third-order valence-corrected chi connectivity index (χ3v) is 5.41. The number of likely N-dealkylation sites (tertiary alicyclic amines) is 1. The maximum absolute atomic E-state index is 12.8. The molecule has 24 heavy (non-hydrogen) atoms. The molecule has 6 heteroatoms. The van der Waals surface area contributed by atoms with E-state index in [1.54, 1.807) is 6.33 Å². The number of amides is 1. The lowest BCUT2D eigenvalue weighted by Crippen LogP contribution is -2.45. The summed E-state index contributed by atoms with van der Waals surface area (Å²) >= 11 is 1.47. The first-order valence-electron chi connectivity index (χ1n) is 8.45. The van der Waals surface area contributed by atoms with Crippen molar-refractivity contribution in [3.05, 3.63) is 36.7 Å². The molecular weight excluding hydrogens is 320 g/mol. The molecule has 1 aliphatic heterocycles. The SMILES string of the molecule is CC1CC(C)CN(C(=O)C(C)Sc2nncn2-c2ccccc2)C1. The molecule has 3 rings (SSSR count). The van der Waals surface area contributed by atoms with E-state index in [0.29, 0.717) is 11.8 Å². The van der Waals surface area contributed by atoms with Crippen LogP contribution in [-0.2, 0) is 4.79 Å². The number of hydrogen-bond donors (Lipinski definition) is 0. The Morgan fingerprint density at radius 1 is 1.21 bits per heavy atom. The van der Waals surface area contributed by atoms with Crippen molar-refractivity contribution >= 4 is 17.7 Å². The number of rotatable bonds is 4. The number of hydrogen-bond acceptors (Lipinski definition) is 4. The van der Waals surface area contributed by atoms with Crippen molar-refractivity contribution in [2.24, 2.45) is 11.8 Å². The molecule has 2 aromatic rings. The van der Waals surface area contributed by atoms with Crippen LogP contribution in [-0.4, -0.2) is 43.9 Å². The van der Waals surface area contributed by atoms with Crippen LogP contribution in [0.25, 0.3) is 5.69 Å². The van der Waals surface area contributed by atoms with E-state index >= 15 is 0 Å². The Labute approximate surface area is 147 Å². The van der Waals surface area contributed by atoms with E-state index in [9.17, 15) is 4.79 Å². The molecule has 1 aromatic heterocycles. The Hall–Kier alpha value is -1.82. The zero-order valence-electron chi connectivity index (χ0n) is 14.4. The predicted octanol–water partition coefficient (Wildman–Crippen LogP) is 3.25. The third-order valence-electron chi connectivity index (χ3n) is 4.36. The Kier molecular flexibility index (Phi) is 5.23. The number of piperidine rings is 1. The van der Waals surface area contributed by atoms with Gasteiger partial charge in [-0.25, -0.2) is 0 Å². The molecule has 1 fully saturated rings. The third kappa shape index (κ3) is 3.80. The molecule has 0 bridgehead atoms. The molecule has 0 aliphatic carbocycles. The molecule has 1 aliphatic rings. The van der Waals surface area contributed by atoms with Gasteiger partial charge in [0.05, 0.1) is 5.25 Å². The standard InChI is InChI=1S/C18H24N4OS/c1-13-9-14(2)11-21(10-13)17(23)15(3)24-18-20-19-12-22(18)16-7-5-4-6-8-16/h4-8,12-15H,9-11H2,1-3H3. The number of carbonyl (C=O) groups excluding carboxylic acids is 1. The molecule has 0 spiro atoms. The number of carbonyl (C=O) groups is 1. The minimum Gasteiger partial charge on any atom is -0.341 e. The fourth-order valence-corrected chi connectivity index (χ4v) is 4.31. The van der Waals surface area contributed by atoms with E-state index < -0.39 is 0 Å². The molecule has 3 unspecified atom stereocenters. The highest BCUT2D eigenvalue weighted by Crippen LogP contribution is 2.27. The monoisotopic (exact) mass is 344 g/mol. The number of benzene rings is 1. The largest absolute Gasteiger partial charge is 0.341 e. The van der Waals surface area contributed by atoms with Crippen LogP contribution in [0.15, 0.2) is 41.8 Å². The summed E-state index contributed by atoms with van der Waals surface area (Å²) in [7, 11) is 0. The predicted molar refractivity (Wildman–Crippen MR) is 96.2 cm³/mol. The van der Waals surface area contributed by atoms with E-state index in [-0.39, 0.29) is 11.2 Å². The average molecular weight is 344 g/mol. The van der Waals surface area contributed by atoms with Crippen molar-refractivity contribution in [2.75, 3.05) is 13.1 Å². The second-order valence-corrected chi connectivity index (χ2v) is 8.08. The van der Waals surface area contributed by atoms with Crippen molar-refractivity contribution in [3.8, 4) is 5.69 Å². The highest BCUT2D eigenvalue weighted by atomic mass is 32.2. The van der Waals surface area contributed by atoms with Gasteiger partial charge in [-0.05, 0) is 37.3 Å². The van der Waals surface area contributed by atoms with Gasteiger partial charge in [-0.1, -0.05) is 43.8 Å². The second kappa shape index (κ2) is 7.38. The molecule has 5 nitrogen and oxygen atoms in total. The smallest absolute Gasteiger partial charge is 0.235 e. The number of nitrogens with zero attached hydrogens (tertiary/aromatic N) is 4. The fraction of sp³-hybridized carbons (Fsp3) is 0.500. The molecule has 1 aromatic carbocycles. The van der Waals surface area contributed by atoms with Gasteiger partial charge in [-0.3, -0.25) is 9.36 Å². The molecule has 0 N–H and O–H groups in total. The molecule has 128 valence electrons. The van der Waals surface area contributed by atoms with Crippen LogP contribution in [0.4, 0.5) is 0 Å². The number of thioether (sulfide) groups is 1. The molecule has 1 saturated heterocycles. The van der Waals surface area contributed by atoms with Gasteiger partial charge in [0.2, 0.25) is 5.91 Å². The van der Waals surface area contributed by atoms with Crippen LogP contribution in [0.1, 0.15) is 27.2 Å². The fourth-order valence-electron chi connectivity index (χ4n) is 3.38. The molecule has 0 saturated carbocycles. The quantitative estimate of drug-likeness (QED) is 0.799. The summed E-state index contributed by atoms with van der Waals surface area (Å²) in [6, 6.07) is 9.96. The second-order valence-electron chi connectivity index (χ2n) is 6.77.